The van der Waals surface area contributed by atoms with Gasteiger partial charge in [-0.15, -0.1) is 0 Å². The molecule has 6 nitrogen and oxygen atoms in total. The first-order chi connectivity index (χ1) is 12.3. The molecule has 1 fully saturated rings. The molecular formula is C18H21FN2O4S. The first-order valence-electron chi connectivity index (χ1n) is 8.26. The molecule has 1 aliphatic rings. The predicted octanol–water partition coefficient (Wildman–Crippen LogP) is 2.33. The summed E-state index contributed by atoms with van der Waals surface area (Å²) in [4.78, 5) is 4.17. The third-order valence-corrected chi connectivity index (χ3v) is 6.26. The van der Waals surface area contributed by atoms with Crippen LogP contribution in [0.4, 0.5) is 4.39 Å². The molecule has 1 aromatic heterocycles. The number of hydrogen-bond acceptors (Lipinski definition) is 5. The third kappa shape index (κ3) is 3.87. The van der Waals surface area contributed by atoms with Gasteiger partial charge in [0.2, 0.25) is 15.9 Å². The van der Waals surface area contributed by atoms with Crippen molar-refractivity contribution in [2.75, 3.05) is 7.11 Å². The number of hydrogen-bond donors (Lipinski definition) is 2. The fourth-order valence-electron chi connectivity index (χ4n) is 3.18. The maximum Gasteiger partial charge on any atom is 0.241 e. The predicted molar refractivity (Wildman–Crippen MR) is 93.7 cm³/mol. The zero-order valence-electron chi connectivity index (χ0n) is 14.5. The van der Waals surface area contributed by atoms with Gasteiger partial charge >= 0.3 is 0 Å². The van der Waals surface area contributed by atoms with E-state index in [0.29, 0.717) is 29.8 Å². The number of pyridine rings is 1. The number of sulfonamides is 1. The highest BCUT2D eigenvalue weighted by atomic mass is 32.2. The van der Waals surface area contributed by atoms with Crippen molar-refractivity contribution in [2.45, 2.75) is 36.8 Å². The van der Waals surface area contributed by atoms with E-state index < -0.39 is 28.0 Å². The summed E-state index contributed by atoms with van der Waals surface area (Å²) in [7, 11) is -2.37. The Morgan fingerprint density at radius 1 is 1.31 bits per heavy atom. The normalized spacial score (nSPS) is 21.1. The van der Waals surface area contributed by atoms with Gasteiger partial charge in [-0.3, -0.25) is 0 Å². The average Bonchev–Trinajstić information content (AvgIpc) is 2.57. The number of aromatic nitrogens is 1. The molecule has 140 valence electrons. The first-order valence-corrected chi connectivity index (χ1v) is 9.75. The number of halogens is 1. The fraction of sp³-hybridized carbons (Fsp3) is 0.389. The van der Waals surface area contributed by atoms with Gasteiger partial charge < -0.3 is 9.84 Å². The van der Waals surface area contributed by atoms with Crippen molar-refractivity contribution in [3.8, 4) is 5.88 Å². The third-order valence-electron chi connectivity index (χ3n) is 4.66. The number of nitrogens with zero attached hydrogens (tertiary/aromatic N) is 1. The highest BCUT2D eigenvalue weighted by Crippen LogP contribution is 2.39. The summed E-state index contributed by atoms with van der Waals surface area (Å²) in [5.41, 5.74) is 1.02. The van der Waals surface area contributed by atoms with E-state index in [0.717, 1.165) is 6.07 Å². The number of benzene rings is 1. The van der Waals surface area contributed by atoms with Crippen LogP contribution in [0.1, 0.15) is 30.0 Å². The van der Waals surface area contributed by atoms with Crippen molar-refractivity contribution in [3.63, 3.8) is 0 Å². The number of aryl methyl sites for hydroxylation is 1. The summed E-state index contributed by atoms with van der Waals surface area (Å²) in [5, 5.41) is 9.63. The lowest BCUT2D eigenvalue weighted by Gasteiger charge is -2.38. The number of aliphatic hydroxyl groups is 1. The van der Waals surface area contributed by atoms with Crippen molar-refractivity contribution >= 4 is 10.0 Å². The van der Waals surface area contributed by atoms with Gasteiger partial charge in [-0.1, -0.05) is 6.07 Å². The first kappa shape index (κ1) is 18.8. The molecule has 0 aliphatic heterocycles. The minimum Gasteiger partial charge on any atom is -0.481 e. The average molecular weight is 380 g/mol. The van der Waals surface area contributed by atoms with Gasteiger partial charge in [-0.25, -0.2) is 22.5 Å². The zero-order valence-corrected chi connectivity index (χ0v) is 15.3. The molecule has 1 aromatic carbocycles. The van der Waals surface area contributed by atoms with Crippen molar-refractivity contribution in [1.82, 2.24) is 9.71 Å². The van der Waals surface area contributed by atoms with Crippen LogP contribution in [0.3, 0.4) is 0 Å². The fourth-order valence-corrected chi connectivity index (χ4v) is 4.70. The van der Waals surface area contributed by atoms with Crippen molar-refractivity contribution < 1.29 is 22.7 Å². The second-order valence-corrected chi connectivity index (χ2v) is 8.21. The molecule has 1 heterocycles. The molecule has 1 aliphatic carbocycles. The van der Waals surface area contributed by atoms with Gasteiger partial charge in [-0.2, -0.15) is 0 Å². The van der Waals surface area contributed by atoms with Crippen LogP contribution in [0.5, 0.6) is 5.88 Å². The number of rotatable bonds is 6. The molecule has 1 atom stereocenters. The Morgan fingerprint density at radius 3 is 2.58 bits per heavy atom. The Morgan fingerprint density at radius 2 is 2.04 bits per heavy atom. The molecule has 26 heavy (non-hydrogen) atoms. The lowest BCUT2D eigenvalue weighted by atomic mass is 9.76. The summed E-state index contributed by atoms with van der Waals surface area (Å²) < 4.78 is 46.8. The Kier molecular flexibility index (Phi) is 5.27. The van der Waals surface area contributed by atoms with E-state index in [2.05, 4.69) is 9.71 Å². The Labute approximate surface area is 152 Å². The minimum atomic E-state index is -3.87. The molecule has 1 unspecified atom stereocenters. The lowest BCUT2D eigenvalue weighted by molar-refractivity contribution is 0.0279. The van der Waals surface area contributed by atoms with Crippen LogP contribution in [0.25, 0.3) is 0 Å². The molecule has 0 bridgehead atoms. The number of ether oxygens (including phenoxy) is 1. The molecule has 0 radical (unpaired) electrons. The van der Waals surface area contributed by atoms with Gasteiger partial charge in [0.25, 0.3) is 0 Å². The van der Waals surface area contributed by atoms with Crippen LogP contribution < -0.4 is 9.46 Å². The van der Waals surface area contributed by atoms with Crippen LogP contribution in [-0.2, 0) is 10.0 Å². The van der Waals surface area contributed by atoms with E-state index in [9.17, 15) is 17.9 Å². The van der Waals surface area contributed by atoms with Gasteiger partial charge in [-0.05, 0) is 55.0 Å². The van der Waals surface area contributed by atoms with E-state index in [4.69, 9.17) is 4.74 Å². The number of methoxy groups -OCH3 is 1. The minimum absolute atomic E-state index is 0.0326. The van der Waals surface area contributed by atoms with Gasteiger partial charge in [0.15, 0.2) is 0 Å². The molecular weight excluding hydrogens is 359 g/mol. The van der Waals surface area contributed by atoms with Crippen molar-refractivity contribution in [3.05, 3.63) is 53.5 Å². The second-order valence-electron chi connectivity index (χ2n) is 6.53. The monoisotopic (exact) mass is 380 g/mol. The molecule has 8 heteroatoms. The summed E-state index contributed by atoms with van der Waals surface area (Å²) in [5.74, 6) is -0.103. The zero-order chi connectivity index (χ0) is 18.9. The standard InChI is InChI=1S/C18H21FN2O4S/c1-11-7-14(19)4-5-16(11)26(23,24)21-18(13-8-15(22)9-13)12-3-6-17(25-2)20-10-12/h3-7,10,13,15,18,21-22H,8-9H2,1-2H3. The summed E-state index contributed by atoms with van der Waals surface area (Å²) in [6.07, 6.45) is 2.14. The highest BCUT2D eigenvalue weighted by molar-refractivity contribution is 7.89. The van der Waals surface area contributed by atoms with Gasteiger partial charge in [0, 0.05) is 12.3 Å². The smallest absolute Gasteiger partial charge is 0.241 e. The lowest BCUT2D eigenvalue weighted by Crippen LogP contribution is -2.41. The van der Waals surface area contributed by atoms with Crippen molar-refractivity contribution in [1.29, 1.82) is 0 Å². The van der Waals surface area contributed by atoms with Gasteiger partial charge in [0.1, 0.15) is 5.82 Å². The molecule has 0 spiro atoms. The molecule has 2 aromatic rings. The van der Waals surface area contributed by atoms with Crippen LogP contribution >= 0.6 is 0 Å². The van der Waals surface area contributed by atoms with E-state index in [-0.39, 0.29) is 10.8 Å². The van der Waals surface area contributed by atoms with Gasteiger partial charge in [0.05, 0.1) is 24.2 Å². The second kappa shape index (κ2) is 7.30. The molecule has 2 N–H and O–H groups in total. The molecule has 0 amide bonds. The SMILES string of the molecule is COc1ccc(C(NS(=O)(=O)c2ccc(F)cc2C)C2CC(O)C2)cn1. The Hall–Kier alpha value is -2.03. The summed E-state index contributed by atoms with van der Waals surface area (Å²) in [6.45, 7) is 1.55. The Balaban J connectivity index is 1.91. The largest absolute Gasteiger partial charge is 0.481 e. The Bertz CT molecular complexity index is 881. The van der Waals surface area contributed by atoms with Crippen LogP contribution in [-0.4, -0.2) is 31.7 Å². The molecule has 3 rings (SSSR count). The summed E-state index contributed by atoms with van der Waals surface area (Å²) in [6, 6.07) is 6.44. The maximum atomic E-state index is 13.3. The van der Waals surface area contributed by atoms with Crippen LogP contribution in [0.15, 0.2) is 41.4 Å². The molecule has 1 saturated carbocycles. The maximum absolute atomic E-state index is 13.3. The summed E-state index contributed by atoms with van der Waals surface area (Å²) >= 11 is 0. The number of aliphatic hydroxyl groups excluding tert-OH is 1. The van der Waals surface area contributed by atoms with Crippen molar-refractivity contribution in [2.24, 2.45) is 5.92 Å². The van der Waals surface area contributed by atoms with E-state index in [1.807, 2.05) is 0 Å². The highest BCUT2D eigenvalue weighted by Gasteiger charge is 2.37. The molecule has 0 saturated heterocycles. The number of nitrogens with one attached hydrogen (secondary N) is 1. The van der Waals surface area contributed by atoms with E-state index >= 15 is 0 Å². The van der Waals surface area contributed by atoms with E-state index in [1.165, 1.54) is 19.2 Å². The van der Waals surface area contributed by atoms with Crippen LogP contribution in [0, 0.1) is 18.7 Å². The van der Waals surface area contributed by atoms with Crippen LogP contribution in [0.2, 0.25) is 0 Å². The van der Waals surface area contributed by atoms with E-state index in [1.54, 1.807) is 25.3 Å². The topological polar surface area (TPSA) is 88.5 Å². The quantitative estimate of drug-likeness (QED) is 0.803.